The van der Waals surface area contributed by atoms with Crippen molar-refractivity contribution in [2.45, 2.75) is 13.3 Å². The number of methoxy groups -OCH3 is 1. The van der Waals surface area contributed by atoms with Crippen LogP contribution in [0.5, 0.6) is 0 Å². The maximum Gasteiger partial charge on any atom is 0.132 e. The van der Waals surface area contributed by atoms with Crippen molar-refractivity contribution in [3.05, 3.63) is 18.1 Å². The first kappa shape index (κ1) is 12.9. The molecule has 0 atom stereocenters. The van der Waals surface area contributed by atoms with Crippen LogP contribution in [0.1, 0.15) is 12.7 Å². The molecule has 1 rings (SSSR count). The van der Waals surface area contributed by atoms with E-state index in [1.807, 2.05) is 13.0 Å². The molecular weight excluding hydrogens is 206 g/mol. The van der Waals surface area contributed by atoms with Gasteiger partial charge in [0.15, 0.2) is 0 Å². The van der Waals surface area contributed by atoms with E-state index in [1.54, 1.807) is 13.3 Å². The van der Waals surface area contributed by atoms with E-state index >= 15 is 0 Å². The van der Waals surface area contributed by atoms with Crippen LogP contribution in [0, 0.1) is 0 Å². The monoisotopic (exact) mass is 225 g/mol. The quantitative estimate of drug-likeness (QED) is 0.672. The third-order valence-electron chi connectivity index (χ3n) is 1.97. The maximum atomic E-state index is 5.35. The van der Waals surface area contributed by atoms with E-state index in [4.69, 9.17) is 9.47 Å². The molecule has 0 aliphatic rings. The standard InChI is InChI=1S/C11H19N3O2/c1-3-12-10-4-6-13-11(14-10)5-7-16-9-8-15-2/h4,6H,3,5,7-9H2,1-2H3,(H,12,13,14). The lowest BCUT2D eigenvalue weighted by Gasteiger charge is -2.05. The van der Waals surface area contributed by atoms with Crippen LogP contribution < -0.4 is 5.32 Å². The lowest BCUT2D eigenvalue weighted by molar-refractivity contribution is 0.0716. The van der Waals surface area contributed by atoms with Gasteiger partial charge in [0.1, 0.15) is 11.6 Å². The minimum Gasteiger partial charge on any atom is -0.382 e. The summed E-state index contributed by atoms with van der Waals surface area (Å²) in [5, 5.41) is 3.15. The van der Waals surface area contributed by atoms with E-state index in [2.05, 4.69) is 15.3 Å². The summed E-state index contributed by atoms with van der Waals surface area (Å²) in [7, 11) is 1.66. The van der Waals surface area contributed by atoms with E-state index in [-0.39, 0.29) is 0 Å². The van der Waals surface area contributed by atoms with Gasteiger partial charge in [-0.2, -0.15) is 0 Å². The van der Waals surface area contributed by atoms with Gasteiger partial charge in [0.25, 0.3) is 0 Å². The first-order valence-electron chi connectivity index (χ1n) is 5.49. The molecule has 0 aromatic carbocycles. The summed E-state index contributed by atoms with van der Waals surface area (Å²) in [5.74, 6) is 1.67. The normalized spacial score (nSPS) is 10.4. The van der Waals surface area contributed by atoms with Crippen molar-refractivity contribution in [3.8, 4) is 0 Å². The Morgan fingerprint density at radius 2 is 2.19 bits per heavy atom. The molecule has 0 aliphatic carbocycles. The predicted octanol–water partition coefficient (Wildman–Crippen LogP) is 1.11. The van der Waals surface area contributed by atoms with Crippen LogP contribution in [0.15, 0.2) is 12.3 Å². The third-order valence-corrected chi connectivity index (χ3v) is 1.97. The molecular formula is C11H19N3O2. The second-order valence-corrected chi connectivity index (χ2v) is 3.24. The van der Waals surface area contributed by atoms with Crippen molar-refractivity contribution in [1.29, 1.82) is 0 Å². The van der Waals surface area contributed by atoms with Crippen molar-refractivity contribution >= 4 is 5.82 Å². The molecule has 0 saturated heterocycles. The molecule has 5 heteroatoms. The topological polar surface area (TPSA) is 56.3 Å². The van der Waals surface area contributed by atoms with Gasteiger partial charge >= 0.3 is 0 Å². The largest absolute Gasteiger partial charge is 0.382 e. The van der Waals surface area contributed by atoms with Gasteiger partial charge in [0.05, 0.1) is 19.8 Å². The van der Waals surface area contributed by atoms with Crippen molar-refractivity contribution in [1.82, 2.24) is 9.97 Å². The predicted molar refractivity (Wildman–Crippen MR) is 62.6 cm³/mol. The fourth-order valence-corrected chi connectivity index (χ4v) is 1.21. The smallest absolute Gasteiger partial charge is 0.132 e. The van der Waals surface area contributed by atoms with Crippen LogP contribution in [0.2, 0.25) is 0 Å². The number of rotatable bonds is 8. The fraction of sp³-hybridized carbons (Fsp3) is 0.636. The lowest BCUT2D eigenvalue weighted by atomic mass is 10.4. The summed E-state index contributed by atoms with van der Waals surface area (Å²) >= 11 is 0. The van der Waals surface area contributed by atoms with Gasteiger partial charge in [-0.3, -0.25) is 0 Å². The van der Waals surface area contributed by atoms with Gasteiger partial charge < -0.3 is 14.8 Å². The van der Waals surface area contributed by atoms with Gasteiger partial charge in [-0.05, 0) is 13.0 Å². The molecule has 1 heterocycles. The maximum absolute atomic E-state index is 5.35. The number of hydrogen-bond donors (Lipinski definition) is 1. The first-order chi connectivity index (χ1) is 7.86. The van der Waals surface area contributed by atoms with E-state index in [9.17, 15) is 0 Å². The van der Waals surface area contributed by atoms with Gasteiger partial charge in [-0.25, -0.2) is 9.97 Å². The average Bonchev–Trinajstić information content (AvgIpc) is 2.30. The summed E-state index contributed by atoms with van der Waals surface area (Å²) in [4.78, 5) is 8.52. The van der Waals surface area contributed by atoms with Crippen LogP contribution >= 0.6 is 0 Å². The Labute approximate surface area is 96.2 Å². The zero-order chi connectivity index (χ0) is 11.6. The van der Waals surface area contributed by atoms with Gasteiger partial charge in [-0.15, -0.1) is 0 Å². The van der Waals surface area contributed by atoms with Gasteiger partial charge in [0, 0.05) is 26.3 Å². The van der Waals surface area contributed by atoms with Crippen LogP contribution in [-0.4, -0.2) is 43.4 Å². The molecule has 0 unspecified atom stereocenters. The highest BCUT2D eigenvalue weighted by atomic mass is 16.5. The Morgan fingerprint density at radius 3 is 2.94 bits per heavy atom. The molecule has 1 N–H and O–H groups in total. The van der Waals surface area contributed by atoms with Crippen LogP contribution in [0.4, 0.5) is 5.82 Å². The Balaban J connectivity index is 2.27. The van der Waals surface area contributed by atoms with Crippen LogP contribution in [-0.2, 0) is 15.9 Å². The van der Waals surface area contributed by atoms with Crippen LogP contribution in [0.25, 0.3) is 0 Å². The lowest BCUT2D eigenvalue weighted by Crippen LogP contribution is -2.08. The van der Waals surface area contributed by atoms with Crippen LogP contribution in [0.3, 0.4) is 0 Å². The Kier molecular flexibility index (Phi) is 6.44. The molecule has 5 nitrogen and oxygen atoms in total. The summed E-state index contributed by atoms with van der Waals surface area (Å²) in [6, 6.07) is 1.86. The van der Waals surface area contributed by atoms with E-state index in [0.717, 1.165) is 24.6 Å². The molecule has 0 spiro atoms. The molecule has 90 valence electrons. The molecule has 0 radical (unpaired) electrons. The SMILES string of the molecule is CCNc1ccnc(CCOCCOC)n1. The fourth-order valence-electron chi connectivity index (χ4n) is 1.21. The minimum absolute atomic E-state index is 0.614. The third kappa shape index (κ3) is 5.04. The van der Waals surface area contributed by atoms with Gasteiger partial charge in [-0.1, -0.05) is 0 Å². The average molecular weight is 225 g/mol. The van der Waals surface area contributed by atoms with E-state index < -0.39 is 0 Å². The van der Waals surface area contributed by atoms with Crippen molar-refractivity contribution < 1.29 is 9.47 Å². The number of nitrogens with zero attached hydrogens (tertiary/aromatic N) is 2. The van der Waals surface area contributed by atoms with E-state index in [1.165, 1.54) is 0 Å². The molecule has 0 saturated carbocycles. The summed E-state index contributed by atoms with van der Waals surface area (Å²) in [6.45, 7) is 4.76. The highest BCUT2D eigenvalue weighted by Crippen LogP contribution is 2.01. The van der Waals surface area contributed by atoms with Crippen molar-refractivity contribution in [3.63, 3.8) is 0 Å². The number of aromatic nitrogens is 2. The number of anilines is 1. The second-order valence-electron chi connectivity index (χ2n) is 3.24. The van der Waals surface area contributed by atoms with Crippen molar-refractivity contribution in [2.24, 2.45) is 0 Å². The first-order valence-corrected chi connectivity index (χ1v) is 5.49. The van der Waals surface area contributed by atoms with Crippen molar-refractivity contribution in [2.75, 3.05) is 38.8 Å². The zero-order valence-electron chi connectivity index (χ0n) is 9.90. The molecule has 1 aromatic heterocycles. The zero-order valence-corrected chi connectivity index (χ0v) is 9.90. The number of hydrogen-bond acceptors (Lipinski definition) is 5. The van der Waals surface area contributed by atoms with Gasteiger partial charge in [0.2, 0.25) is 0 Å². The molecule has 0 fully saturated rings. The molecule has 1 aromatic rings. The summed E-state index contributed by atoms with van der Waals surface area (Å²) in [5.41, 5.74) is 0. The second kappa shape index (κ2) is 8.01. The number of nitrogens with one attached hydrogen (secondary N) is 1. The summed E-state index contributed by atoms with van der Waals surface area (Å²) in [6.07, 6.45) is 2.48. The Morgan fingerprint density at radius 1 is 1.31 bits per heavy atom. The highest BCUT2D eigenvalue weighted by molar-refractivity contribution is 5.32. The summed E-state index contributed by atoms with van der Waals surface area (Å²) < 4.78 is 10.2. The molecule has 0 bridgehead atoms. The molecule has 0 aliphatic heterocycles. The Bertz CT molecular complexity index is 294. The Hall–Kier alpha value is -1.20. The highest BCUT2D eigenvalue weighted by Gasteiger charge is 1.98. The molecule has 16 heavy (non-hydrogen) atoms. The van der Waals surface area contributed by atoms with E-state index in [0.29, 0.717) is 19.8 Å². The molecule has 0 amide bonds. The number of ether oxygens (including phenoxy) is 2. The minimum atomic E-state index is 0.614.